The molecule has 0 aliphatic rings. The predicted molar refractivity (Wildman–Crippen MR) is 116 cm³/mol. The van der Waals surface area contributed by atoms with Gasteiger partial charge in [0.25, 0.3) is 5.91 Å². The summed E-state index contributed by atoms with van der Waals surface area (Å²) < 4.78 is 17.1. The van der Waals surface area contributed by atoms with Gasteiger partial charge in [-0.05, 0) is 56.3 Å². The summed E-state index contributed by atoms with van der Waals surface area (Å²) in [4.78, 5) is 17.5. The third-order valence-corrected chi connectivity index (χ3v) is 4.65. The molecule has 3 aromatic carbocycles. The number of rotatable bonds is 6. The highest BCUT2D eigenvalue weighted by molar-refractivity contribution is 5.98. The van der Waals surface area contributed by atoms with Gasteiger partial charge in [-0.25, -0.2) is 4.98 Å². The molecule has 0 saturated heterocycles. The van der Waals surface area contributed by atoms with E-state index in [1.54, 1.807) is 33.1 Å². The fourth-order valence-electron chi connectivity index (χ4n) is 3.04. The number of ether oxygens (including phenoxy) is 2. The number of para-hydroxylation sites is 3. The first kappa shape index (κ1) is 19.5. The molecule has 0 radical (unpaired) electrons. The normalized spacial score (nSPS) is 11.3. The maximum absolute atomic E-state index is 13.0. The van der Waals surface area contributed by atoms with Crippen LogP contribution in [-0.2, 0) is 4.79 Å². The molecule has 1 aromatic heterocycles. The van der Waals surface area contributed by atoms with Crippen molar-refractivity contribution in [3.63, 3.8) is 0 Å². The van der Waals surface area contributed by atoms with Crippen molar-refractivity contribution in [2.45, 2.75) is 19.4 Å². The van der Waals surface area contributed by atoms with E-state index in [-0.39, 0.29) is 5.91 Å². The number of oxazole rings is 1. The number of carbonyl (C=O) groups excluding carboxylic acids is 1. The van der Waals surface area contributed by atoms with Gasteiger partial charge in [-0.3, -0.25) is 4.79 Å². The Labute approximate surface area is 174 Å². The minimum Gasteiger partial charge on any atom is -0.495 e. The number of hydrogen-bond acceptors (Lipinski definition) is 5. The van der Waals surface area contributed by atoms with Gasteiger partial charge in [0.15, 0.2) is 11.2 Å². The Morgan fingerprint density at radius 2 is 1.73 bits per heavy atom. The van der Waals surface area contributed by atoms with Crippen LogP contribution in [-0.4, -0.2) is 23.6 Å². The van der Waals surface area contributed by atoms with Gasteiger partial charge in [0.05, 0.1) is 12.8 Å². The van der Waals surface area contributed by atoms with E-state index in [0.29, 0.717) is 28.7 Å². The Bertz CT molecular complexity index is 1150. The summed E-state index contributed by atoms with van der Waals surface area (Å²) in [5.41, 5.74) is 1.61. The molecule has 1 N–H and O–H groups in total. The molecule has 4 aromatic rings. The van der Waals surface area contributed by atoms with Crippen molar-refractivity contribution in [1.29, 1.82) is 0 Å². The lowest BCUT2D eigenvalue weighted by molar-refractivity contribution is -0.128. The van der Waals surface area contributed by atoms with Crippen LogP contribution in [0, 0.1) is 0 Å². The van der Waals surface area contributed by atoms with Crippen LogP contribution >= 0.6 is 0 Å². The van der Waals surface area contributed by atoms with Gasteiger partial charge in [-0.1, -0.05) is 30.3 Å². The summed E-state index contributed by atoms with van der Waals surface area (Å²) in [5.74, 6) is 1.30. The molecule has 4 rings (SSSR count). The lowest BCUT2D eigenvalue weighted by Crippen LogP contribution is -2.42. The van der Waals surface area contributed by atoms with Gasteiger partial charge in [0.1, 0.15) is 17.0 Å². The zero-order valence-electron chi connectivity index (χ0n) is 17.0. The molecular weight excluding hydrogens is 380 g/mol. The Kier molecular flexibility index (Phi) is 5.14. The Morgan fingerprint density at radius 3 is 2.47 bits per heavy atom. The number of amides is 1. The summed E-state index contributed by atoms with van der Waals surface area (Å²) >= 11 is 0. The molecule has 1 amide bonds. The van der Waals surface area contributed by atoms with E-state index in [0.717, 1.165) is 11.1 Å². The van der Waals surface area contributed by atoms with Gasteiger partial charge in [-0.15, -0.1) is 0 Å². The molecule has 6 nitrogen and oxygen atoms in total. The Balaban J connectivity index is 1.61. The number of carbonyl (C=O) groups is 1. The predicted octanol–water partition coefficient (Wildman–Crippen LogP) is 5.30. The zero-order chi connectivity index (χ0) is 21.1. The molecule has 0 fully saturated rings. The molecule has 0 spiro atoms. The first-order chi connectivity index (χ1) is 14.5. The van der Waals surface area contributed by atoms with E-state index in [9.17, 15) is 4.79 Å². The standard InChI is InChI=1S/C24H22N2O4/c1-24(2,30-17-9-5-4-6-10-17)23(27)26-19-15-16(13-14-20(19)28-3)22-25-18-11-7-8-12-21(18)29-22/h4-15H,1-3H3,(H,26,27). The average molecular weight is 402 g/mol. The van der Waals surface area contributed by atoms with Gasteiger partial charge in [-0.2, -0.15) is 0 Å². The number of benzene rings is 3. The summed E-state index contributed by atoms with van der Waals surface area (Å²) in [7, 11) is 1.55. The third kappa shape index (κ3) is 3.98. The fraction of sp³-hybridized carbons (Fsp3) is 0.167. The second-order valence-electron chi connectivity index (χ2n) is 7.28. The van der Waals surface area contributed by atoms with E-state index in [2.05, 4.69) is 10.3 Å². The molecule has 1 heterocycles. The molecule has 152 valence electrons. The highest BCUT2D eigenvalue weighted by Crippen LogP contribution is 2.32. The molecule has 6 heteroatoms. The maximum Gasteiger partial charge on any atom is 0.268 e. The average Bonchev–Trinajstić information content (AvgIpc) is 3.18. The van der Waals surface area contributed by atoms with Crippen molar-refractivity contribution >= 4 is 22.7 Å². The van der Waals surface area contributed by atoms with Crippen molar-refractivity contribution < 1.29 is 18.7 Å². The molecule has 0 unspecified atom stereocenters. The lowest BCUT2D eigenvalue weighted by Gasteiger charge is -2.25. The number of fused-ring (bicyclic) bond motifs is 1. The number of hydrogen-bond donors (Lipinski definition) is 1. The molecule has 0 atom stereocenters. The molecule has 0 bridgehead atoms. The van der Waals surface area contributed by atoms with E-state index >= 15 is 0 Å². The number of aromatic nitrogens is 1. The molecular formula is C24H22N2O4. The minimum atomic E-state index is -1.10. The summed E-state index contributed by atoms with van der Waals surface area (Å²) in [6.45, 7) is 3.43. The summed E-state index contributed by atoms with van der Waals surface area (Å²) in [5, 5.41) is 2.91. The van der Waals surface area contributed by atoms with Crippen LogP contribution in [0.25, 0.3) is 22.6 Å². The number of nitrogens with one attached hydrogen (secondary N) is 1. The Hall–Kier alpha value is -3.80. The third-order valence-electron chi connectivity index (χ3n) is 4.65. The first-order valence-corrected chi connectivity index (χ1v) is 9.56. The molecule has 0 aliphatic carbocycles. The van der Waals surface area contributed by atoms with Crippen molar-refractivity contribution in [2.75, 3.05) is 12.4 Å². The van der Waals surface area contributed by atoms with Gasteiger partial charge in [0, 0.05) is 5.56 Å². The smallest absolute Gasteiger partial charge is 0.268 e. The molecule has 30 heavy (non-hydrogen) atoms. The van der Waals surface area contributed by atoms with E-state index in [1.807, 2.05) is 60.7 Å². The number of nitrogens with zero attached hydrogens (tertiary/aromatic N) is 1. The monoisotopic (exact) mass is 402 g/mol. The number of anilines is 1. The number of methoxy groups -OCH3 is 1. The van der Waals surface area contributed by atoms with Gasteiger partial charge in [0.2, 0.25) is 5.89 Å². The van der Waals surface area contributed by atoms with E-state index in [1.165, 1.54) is 0 Å². The minimum absolute atomic E-state index is 0.306. The van der Waals surface area contributed by atoms with Crippen molar-refractivity contribution in [1.82, 2.24) is 4.98 Å². The van der Waals surface area contributed by atoms with Crippen molar-refractivity contribution in [3.8, 4) is 23.0 Å². The fourth-order valence-corrected chi connectivity index (χ4v) is 3.04. The van der Waals surface area contributed by atoms with Crippen LogP contribution in [0.1, 0.15) is 13.8 Å². The highest BCUT2D eigenvalue weighted by Gasteiger charge is 2.31. The van der Waals surface area contributed by atoms with Crippen LogP contribution in [0.4, 0.5) is 5.69 Å². The molecule has 0 aliphatic heterocycles. The quantitative estimate of drug-likeness (QED) is 0.474. The van der Waals surface area contributed by atoms with Crippen molar-refractivity contribution in [2.24, 2.45) is 0 Å². The summed E-state index contributed by atoms with van der Waals surface area (Å²) in [6, 6.07) is 22.2. The maximum atomic E-state index is 13.0. The summed E-state index contributed by atoms with van der Waals surface area (Å²) in [6.07, 6.45) is 0. The van der Waals surface area contributed by atoms with Crippen LogP contribution < -0.4 is 14.8 Å². The molecule has 0 saturated carbocycles. The second-order valence-corrected chi connectivity index (χ2v) is 7.28. The van der Waals surface area contributed by atoms with E-state index < -0.39 is 5.60 Å². The van der Waals surface area contributed by atoms with Crippen LogP contribution in [0.5, 0.6) is 11.5 Å². The first-order valence-electron chi connectivity index (χ1n) is 9.56. The van der Waals surface area contributed by atoms with Crippen LogP contribution in [0.15, 0.2) is 77.2 Å². The van der Waals surface area contributed by atoms with Crippen LogP contribution in [0.2, 0.25) is 0 Å². The van der Waals surface area contributed by atoms with Crippen molar-refractivity contribution in [3.05, 3.63) is 72.8 Å². The second kappa shape index (κ2) is 7.91. The SMILES string of the molecule is COc1ccc(-c2nc3ccccc3o2)cc1NC(=O)C(C)(C)Oc1ccccc1. The van der Waals surface area contributed by atoms with Gasteiger partial charge >= 0.3 is 0 Å². The largest absolute Gasteiger partial charge is 0.495 e. The van der Waals surface area contributed by atoms with Crippen LogP contribution in [0.3, 0.4) is 0 Å². The van der Waals surface area contributed by atoms with Gasteiger partial charge < -0.3 is 19.2 Å². The zero-order valence-corrected chi connectivity index (χ0v) is 17.0. The Morgan fingerprint density at radius 1 is 1.00 bits per heavy atom. The lowest BCUT2D eigenvalue weighted by atomic mass is 10.1. The highest BCUT2D eigenvalue weighted by atomic mass is 16.5. The van der Waals surface area contributed by atoms with E-state index in [4.69, 9.17) is 13.9 Å². The topological polar surface area (TPSA) is 73.6 Å².